The smallest absolute Gasteiger partial charge is 0.262 e. The van der Waals surface area contributed by atoms with Crippen LogP contribution in [-0.2, 0) is 7.05 Å². The zero-order valence-corrected chi connectivity index (χ0v) is 6.81. The molecule has 1 N–H and O–H groups in total. The Hall–Kier alpha value is -1.98. The third-order valence-electron chi connectivity index (χ3n) is 1.77. The van der Waals surface area contributed by atoms with E-state index in [0.29, 0.717) is 11.9 Å². The first-order valence-electron chi connectivity index (χ1n) is 3.59. The average molecular weight is 178 g/mol. The monoisotopic (exact) mass is 178 g/mol. The number of aromatic nitrogens is 4. The second kappa shape index (κ2) is 2.51. The maximum atomic E-state index is 11.3. The van der Waals surface area contributed by atoms with Crippen molar-refractivity contribution in [2.75, 3.05) is 0 Å². The summed E-state index contributed by atoms with van der Waals surface area (Å²) in [7, 11) is 1.63. The predicted molar refractivity (Wildman–Crippen MR) is 44.5 cm³/mol. The van der Waals surface area contributed by atoms with Crippen molar-refractivity contribution in [3.63, 3.8) is 0 Å². The highest BCUT2D eigenvalue weighted by Gasteiger charge is 2.11. The minimum absolute atomic E-state index is 0.117. The number of nitrogens with one attached hydrogen (secondary N) is 1. The zero-order valence-electron chi connectivity index (χ0n) is 6.81. The van der Waals surface area contributed by atoms with Crippen LogP contribution in [-0.4, -0.2) is 26.0 Å². The fourth-order valence-electron chi connectivity index (χ4n) is 1.21. The molecule has 6 nitrogen and oxygen atoms in total. The summed E-state index contributed by atoms with van der Waals surface area (Å²) in [6, 6.07) is 0. The van der Waals surface area contributed by atoms with Crippen LogP contribution in [0.15, 0.2) is 11.1 Å². The number of rotatable bonds is 1. The molecule has 2 heterocycles. The summed E-state index contributed by atoms with van der Waals surface area (Å²) in [5.41, 5.74) is 0.179. The van der Waals surface area contributed by atoms with Crippen LogP contribution in [0.25, 0.3) is 11.0 Å². The highest BCUT2D eigenvalue weighted by molar-refractivity contribution is 5.92. The lowest BCUT2D eigenvalue weighted by molar-refractivity contribution is 0.111. The number of aldehydes is 1. The third-order valence-corrected chi connectivity index (χ3v) is 1.77. The van der Waals surface area contributed by atoms with Crippen LogP contribution in [0.5, 0.6) is 0 Å². The third kappa shape index (κ3) is 0.952. The molecular weight excluding hydrogens is 172 g/mol. The second-order valence-corrected chi connectivity index (χ2v) is 2.56. The Morgan fingerprint density at radius 2 is 2.38 bits per heavy atom. The van der Waals surface area contributed by atoms with Gasteiger partial charge in [0.1, 0.15) is 11.1 Å². The molecular formula is C7H6N4O2. The maximum Gasteiger partial charge on any atom is 0.262 e. The molecule has 0 aromatic carbocycles. The largest absolute Gasteiger partial charge is 0.312 e. The SMILES string of the molecule is Cn1nc(C=O)c2c(=O)[nH]cnc21. The molecule has 66 valence electrons. The summed E-state index contributed by atoms with van der Waals surface area (Å²) >= 11 is 0. The standard InChI is InChI=1S/C7H6N4O2/c1-11-6-5(4(2-12)10-11)7(13)9-3-8-6/h2-3H,1H3,(H,8,9,13). The van der Waals surface area contributed by atoms with E-state index in [1.165, 1.54) is 11.0 Å². The summed E-state index contributed by atoms with van der Waals surface area (Å²) in [4.78, 5) is 28.1. The fraction of sp³-hybridized carbons (Fsp3) is 0.143. The molecule has 0 aliphatic heterocycles. The number of carbonyl (C=O) groups is 1. The van der Waals surface area contributed by atoms with Crippen LogP contribution in [0.4, 0.5) is 0 Å². The van der Waals surface area contributed by atoms with Crippen LogP contribution < -0.4 is 5.56 Å². The molecule has 13 heavy (non-hydrogen) atoms. The molecule has 0 aliphatic rings. The van der Waals surface area contributed by atoms with E-state index in [9.17, 15) is 9.59 Å². The molecule has 0 aliphatic carbocycles. The van der Waals surface area contributed by atoms with Gasteiger partial charge in [-0.3, -0.25) is 9.59 Å². The Kier molecular flexibility index (Phi) is 1.48. The molecule has 0 fully saturated rings. The van der Waals surface area contributed by atoms with Gasteiger partial charge in [0.2, 0.25) is 0 Å². The molecule has 0 unspecified atom stereocenters. The number of carbonyl (C=O) groups excluding carboxylic acids is 1. The van der Waals surface area contributed by atoms with Gasteiger partial charge in [-0.25, -0.2) is 9.67 Å². The highest BCUT2D eigenvalue weighted by Crippen LogP contribution is 2.07. The predicted octanol–water partition coefficient (Wildman–Crippen LogP) is -0.531. The first kappa shape index (κ1) is 7.66. The number of nitrogens with zero attached hydrogens (tertiary/aromatic N) is 3. The molecule has 0 spiro atoms. The van der Waals surface area contributed by atoms with Crippen LogP contribution >= 0.6 is 0 Å². The van der Waals surface area contributed by atoms with E-state index in [1.807, 2.05) is 0 Å². The van der Waals surface area contributed by atoms with Crippen molar-refractivity contribution in [1.82, 2.24) is 19.7 Å². The van der Waals surface area contributed by atoms with Gasteiger partial charge in [0.15, 0.2) is 11.9 Å². The molecule has 0 atom stereocenters. The lowest BCUT2D eigenvalue weighted by Gasteiger charge is -1.88. The van der Waals surface area contributed by atoms with Crippen molar-refractivity contribution in [3.05, 3.63) is 22.4 Å². The zero-order chi connectivity index (χ0) is 9.42. The van der Waals surface area contributed by atoms with Crippen molar-refractivity contribution in [2.45, 2.75) is 0 Å². The van der Waals surface area contributed by atoms with Crippen molar-refractivity contribution in [2.24, 2.45) is 7.05 Å². The summed E-state index contributed by atoms with van der Waals surface area (Å²) in [6.07, 6.45) is 1.82. The Bertz CT molecular complexity index is 525. The average Bonchev–Trinajstić information content (AvgIpc) is 2.45. The summed E-state index contributed by atoms with van der Waals surface area (Å²) < 4.78 is 1.40. The number of aryl methyl sites for hydroxylation is 1. The lowest BCUT2D eigenvalue weighted by atomic mass is 10.3. The van der Waals surface area contributed by atoms with Gasteiger partial charge >= 0.3 is 0 Å². The summed E-state index contributed by atoms with van der Waals surface area (Å²) in [6.45, 7) is 0. The number of hydrogen-bond donors (Lipinski definition) is 1. The number of hydrogen-bond acceptors (Lipinski definition) is 4. The molecule has 0 saturated carbocycles. The maximum absolute atomic E-state index is 11.3. The minimum Gasteiger partial charge on any atom is -0.312 e. The van der Waals surface area contributed by atoms with Crippen LogP contribution in [0.2, 0.25) is 0 Å². The Morgan fingerprint density at radius 3 is 3.08 bits per heavy atom. The van der Waals surface area contributed by atoms with Crippen molar-refractivity contribution >= 4 is 17.3 Å². The number of aromatic amines is 1. The van der Waals surface area contributed by atoms with Crippen molar-refractivity contribution < 1.29 is 4.79 Å². The van der Waals surface area contributed by atoms with E-state index in [4.69, 9.17) is 0 Å². The molecule has 2 aromatic rings. The van der Waals surface area contributed by atoms with Gasteiger partial charge in [0.05, 0.1) is 6.33 Å². The van der Waals surface area contributed by atoms with Gasteiger partial charge in [0, 0.05) is 7.05 Å². The van der Waals surface area contributed by atoms with Gasteiger partial charge in [0.25, 0.3) is 5.56 Å². The molecule has 0 bridgehead atoms. The van der Waals surface area contributed by atoms with E-state index in [2.05, 4.69) is 15.1 Å². The molecule has 2 rings (SSSR count). The molecule has 0 amide bonds. The molecule has 0 radical (unpaired) electrons. The Morgan fingerprint density at radius 1 is 1.62 bits per heavy atom. The van der Waals surface area contributed by atoms with E-state index in [-0.39, 0.29) is 16.6 Å². The topological polar surface area (TPSA) is 80.6 Å². The Labute approximate surface area is 72.2 Å². The first-order valence-corrected chi connectivity index (χ1v) is 3.59. The second-order valence-electron chi connectivity index (χ2n) is 2.56. The number of fused-ring (bicyclic) bond motifs is 1. The van der Waals surface area contributed by atoms with Crippen molar-refractivity contribution in [1.29, 1.82) is 0 Å². The molecule has 0 saturated heterocycles. The first-order chi connectivity index (χ1) is 6.24. The normalized spacial score (nSPS) is 10.5. The van der Waals surface area contributed by atoms with Crippen LogP contribution in [0.1, 0.15) is 10.5 Å². The summed E-state index contributed by atoms with van der Waals surface area (Å²) in [5.74, 6) is 0. The quantitative estimate of drug-likeness (QED) is 0.595. The molecule has 6 heteroatoms. The van der Waals surface area contributed by atoms with E-state index in [0.717, 1.165) is 0 Å². The van der Waals surface area contributed by atoms with Gasteiger partial charge in [-0.15, -0.1) is 0 Å². The van der Waals surface area contributed by atoms with Gasteiger partial charge in [-0.1, -0.05) is 0 Å². The van der Waals surface area contributed by atoms with Crippen LogP contribution in [0.3, 0.4) is 0 Å². The Balaban J connectivity index is 3.05. The summed E-state index contributed by atoms with van der Waals surface area (Å²) in [5, 5.41) is 4.07. The van der Waals surface area contributed by atoms with Gasteiger partial charge in [-0.05, 0) is 0 Å². The van der Waals surface area contributed by atoms with E-state index in [1.54, 1.807) is 7.05 Å². The number of H-pyrrole nitrogens is 1. The van der Waals surface area contributed by atoms with Gasteiger partial charge in [-0.2, -0.15) is 5.10 Å². The van der Waals surface area contributed by atoms with E-state index < -0.39 is 0 Å². The molecule has 2 aromatic heterocycles. The van der Waals surface area contributed by atoms with E-state index >= 15 is 0 Å². The highest BCUT2D eigenvalue weighted by atomic mass is 16.1. The lowest BCUT2D eigenvalue weighted by Crippen LogP contribution is -2.07. The van der Waals surface area contributed by atoms with Crippen LogP contribution in [0, 0.1) is 0 Å². The fourth-order valence-corrected chi connectivity index (χ4v) is 1.21. The van der Waals surface area contributed by atoms with Crippen molar-refractivity contribution in [3.8, 4) is 0 Å². The van der Waals surface area contributed by atoms with Gasteiger partial charge < -0.3 is 4.98 Å². The minimum atomic E-state index is -0.347.